The lowest BCUT2D eigenvalue weighted by Gasteiger charge is -2.26. The van der Waals surface area contributed by atoms with Crippen LogP contribution in [0, 0.1) is 5.92 Å². The molecule has 1 saturated heterocycles. The Labute approximate surface area is 131 Å². The first-order valence-electron chi connectivity index (χ1n) is 5.73. The highest BCUT2D eigenvalue weighted by atomic mass is 35.5. The van der Waals surface area contributed by atoms with Crippen LogP contribution in [0.3, 0.4) is 0 Å². The topological polar surface area (TPSA) is 33.2 Å². The molecule has 0 aromatic carbocycles. The van der Waals surface area contributed by atoms with Gasteiger partial charge in [-0.2, -0.15) is 0 Å². The van der Waals surface area contributed by atoms with Gasteiger partial charge in [-0.05, 0) is 12.0 Å². The summed E-state index contributed by atoms with van der Waals surface area (Å²) in [5.74, 6) is 1.00. The van der Waals surface area contributed by atoms with Crippen LogP contribution in [0.5, 0.6) is 0 Å². The molecule has 19 heavy (non-hydrogen) atoms. The van der Waals surface area contributed by atoms with Gasteiger partial charge in [0, 0.05) is 11.9 Å². The molecule has 0 unspecified atom stereocenters. The molecule has 0 N–H and O–H groups in total. The van der Waals surface area contributed by atoms with Crippen LogP contribution in [0.15, 0.2) is 12.3 Å². The van der Waals surface area contributed by atoms with E-state index in [1.54, 1.807) is 4.90 Å². The maximum atomic E-state index is 12.5. The molecular weight excluding hydrogens is 323 g/mol. The highest BCUT2D eigenvalue weighted by Gasteiger charge is 2.36. The Kier molecular flexibility index (Phi) is 4.71. The van der Waals surface area contributed by atoms with Crippen molar-refractivity contribution in [3.8, 4) is 0 Å². The van der Waals surface area contributed by atoms with Crippen molar-refractivity contribution in [1.82, 2.24) is 9.88 Å². The number of hydrogen-bond donors (Lipinski definition) is 0. The van der Waals surface area contributed by atoms with Gasteiger partial charge < -0.3 is 0 Å². The van der Waals surface area contributed by atoms with Gasteiger partial charge in [0.05, 0.1) is 16.6 Å². The number of halogens is 2. The predicted octanol–water partition coefficient (Wildman–Crippen LogP) is 3.89. The Bertz CT molecular complexity index is 536. The fourth-order valence-corrected chi connectivity index (χ4v) is 3.73. The SMILES string of the molecule is CC(C)[C@H]1CSC(=S)N1C(=O)c1cnc(Cl)c(Cl)c1. The van der Waals surface area contributed by atoms with Gasteiger partial charge in [-0.1, -0.05) is 61.0 Å². The first kappa shape index (κ1) is 15.0. The van der Waals surface area contributed by atoms with E-state index in [0.717, 1.165) is 5.75 Å². The van der Waals surface area contributed by atoms with E-state index in [1.807, 2.05) is 0 Å². The number of nitrogens with zero attached hydrogens (tertiary/aromatic N) is 2. The number of rotatable bonds is 2. The standard InChI is InChI=1S/C12H12Cl2N2OS2/c1-6(2)9-5-19-12(18)16(9)11(17)7-3-8(13)10(14)15-4-7/h3-4,6,9H,5H2,1-2H3/t9-/m1/s1. The Morgan fingerprint density at radius 3 is 2.84 bits per heavy atom. The molecule has 2 rings (SSSR count). The van der Waals surface area contributed by atoms with Crippen molar-refractivity contribution in [2.75, 3.05) is 5.75 Å². The highest BCUT2D eigenvalue weighted by molar-refractivity contribution is 8.23. The predicted molar refractivity (Wildman–Crippen MR) is 84.1 cm³/mol. The van der Waals surface area contributed by atoms with Crippen molar-refractivity contribution in [3.63, 3.8) is 0 Å². The Balaban J connectivity index is 2.31. The summed E-state index contributed by atoms with van der Waals surface area (Å²) in [4.78, 5) is 18.1. The average molecular weight is 335 g/mol. The molecule has 1 atom stereocenters. The molecule has 0 aliphatic carbocycles. The summed E-state index contributed by atoms with van der Waals surface area (Å²) in [5, 5.41) is 0.461. The molecule has 2 heterocycles. The van der Waals surface area contributed by atoms with Crippen molar-refractivity contribution in [1.29, 1.82) is 0 Å². The molecule has 0 radical (unpaired) electrons. The van der Waals surface area contributed by atoms with Gasteiger partial charge in [0.15, 0.2) is 0 Å². The largest absolute Gasteiger partial charge is 0.289 e. The Morgan fingerprint density at radius 2 is 2.26 bits per heavy atom. The van der Waals surface area contributed by atoms with Crippen LogP contribution < -0.4 is 0 Å². The molecule has 1 aliphatic rings. The van der Waals surface area contributed by atoms with Crippen LogP contribution in [-0.4, -0.2) is 31.9 Å². The van der Waals surface area contributed by atoms with Crippen molar-refractivity contribution < 1.29 is 4.79 Å². The van der Waals surface area contributed by atoms with Crippen molar-refractivity contribution in [3.05, 3.63) is 28.0 Å². The van der Waals surface area contributed by atoms with Gasteiger partial charge in [-0.3, -0.25) is 9.69 Å². The fraction of sp³-hybridized carbons (Fsp3) is 0.417. The third-order valence-electron chi connectivity index (χ3n) is 2.94. The molecule has 0 spiro atoms. The van der Waals surface area contributed by atoms with Crippen LogP contribution >= 0.6 is 47.2 Å². The third-order valence-corrected chi connectivity index (χ3v) is 5.13. The summed E-state index contributed by atoms with van der Waals surface area (Å²) in [6.07, 6.45) is 1.43. The Morgan fingerprint density at radius 1 is 1.58 bits per heavy atom. The minimum atomic E-state index is -0.167. The molecule has 1 amide bonds. The van der Waals surface area contributed by atoms with Gasteiger partial charge in [0.2, 0.25) is 0 Å². The normalized spacial score (nSPS) is 19.3. The third kappa shape index (κ3) is 3.05. The number of aromatic nitrogens is 1. The van der Waals surface area contributed by atoms with Crippen molar-refractivity contribution in [2.24, 2.45) is 5.92 Å². The maximum Gasteiger partial charge on any atom is 0.261 e. The van der Waals surface area contributed by atoms with Gasteiger partial charge in [-0.15, -0.1) is 0 Å². The number of pyridine rings is 1. The van der Waals surface area contributed by atoms with Crippen LogP contribution in [0.1, 0.15) is 24.2 Å². The van der Waals surface area contributed by atoms with E-state index in [0.29, 0.717) is 15.8 Å². The minimum Gasteiger partial charge on any atom is -0.289 e. The van der Waals surface area contributed by atoms with E-state index in [2.05, 4.69) is 18.8 Å². The number of thiocarbonyl (C=S) groups is 1. The van der Waals surface area contributed by atoms with E-state index in [9.17, 15) is 4.79 Å². The molecule has 1 aromatic heterocycles. The Hall–Kier alpha value is -0.360. The molecule has 1 aromatic rings. The lowest BCUT2D eigenvalue weighted by molar-refractivity contribution is 0.0800. The van der Waals surface area contributed by atoms with Crippen LogP contribution in [0.25, 0.3) is 0 Å². The van der Waals surface area contributed by atoms with Gasteiger partial charge in [0.25, 0.3) is 5.91 Å². The zero-order valence-corrected chi connectivity index (χ0v) is 13.5. The smallest absolute Gasteiger partial charge is 0.261 e. The second-order valence-electron chi connectivity index (χ2n) is 4.56. The van der Waals surface area contributed by atoms with E-state index >= 15 is 0 Å². The quantitative estimate of drug-likeness (QED) is 0.606. The van der Waals surface area contributed by atoms with Crippen LogP contribution in [0.2, 0.25) is 10.2 Å². The molecular formula is C12H12Cl2N2OS2. The van der Waals surface area contributed by atoms with E-state index in [1.165, 1.54) is 24.0 Å². The second-order valence-corrected chi connectivity index (χ2v) is 6.98. The first-order valence-corrected chi connectivity index (χ1v) is 7.88. The second kappa shape index (κ2) is 5.95. The zero-order chi connectivity index (χ0) is 14.2. The summed E-state index contributed by atoms with van der Waals surface area (Å²) >= 11 is 18.4. The number of carbonyl (C=O) groups excluding carboxylic acids is 1. The highest BCUT2D eigenvalue weighted by Crippen LogP contribution is 2.31. The number of carbonyl (C=O) groups is 1. The first-order chi connectivity index (χ1) is 8.91. The number of thioether (sulfide) groups is 1. The van der Waals surface area contributed by atoms with E-state index in [4.69, 9.17) is 35.4 Å². The molecule has 1 aliphatic heterocycles. The van der Waals surface area contributed by atoms with E-state index in [-0.39, 0.29) is 22.1 Å². The summed E-state index contributed by atoms with van der Waals surface area (Å²) in [7, 11) is 0. The summed E-state index contributed by atoms with van der Waals surface area (Å²) in [6, 6.07) is 1.64. The minimum absolute atomic E-state index is 0.111. The number of amides is 1. The summed E-state index contributed by atoms with van der Waals surface area (Å²) in [5.41, 5.74) is 0.407. The monoisotopic (exact) mass is 334 g/mol. The molecule has 3 nitrogen and oxygen atoms in total. The molecule has 0 bridgehead atoms. The van der Waals surface area contributed by atoms with E-state index < -0.39 is 0 Å². The van der Waals surface area contributed by atoms with Crippen molar-refractivity contribution in [2.45, 2.75) is 19.9 Å². The van der Waals surface area contributed by atoms with Gasteiger partial charge >= 0.3 is 0 Å². The van der Waals surface area contributed by atoms with Gasteiger partial charge in [0.1, 0.15) is 9.47 Å². The summed E-state index contributed by atoms with van der Waals surface area (Å²) in [6.45, 7) is 4.15. The van der Waals surface area contributed by atoms with Crippen LogP contribution in [0.4, 0.5) is 0 Å². The summed E-state index contributed by atoms with van der Waals surface area (Å²) < 4.78 is 0.606. The number of hydrogen-bond acceptors (Lipinski definition) is 4. The van der Waals surface area contributed by atoms with Crippen molar-refractivity contribution >= 4 is 57.4 Å². The molecule has 1 fully saturated rings. The fourth-order valence-electron chi connectivity index (χ4n) is 1.84. The molecule has 7 heteroatoms. The lowest BCUT2D eigenvalue weighted by atomic mass is 10.0. The molecule has 102 valence electrons. The van der Waals surface area contributed by atoms with Crippen LogP contribution in [-0.2, 0) is 0 Å². The lowest BCUT2D eigenvalue weighted by Crippen LogP contribution is -2.41. The zero-order valence-electron chi connectivity index (χ0n) is 10.4. The maximum absolute atomic E-state index is 12.5. The average Bonchev–Trinajstić information content (AvgIpc) is 2.74. The molecule has 0 saturated carbocycles. The van der Waals surface area contributed by atoms with Gasteiger partial charge in [-0.25, -0.2) is 4.98 Å².